The Morgan fingerprint density at radius 1 is 1.26 bits per heavy atom. The number of carboxylic acids is 1. The summed E-state index contributed by atoms with van der Waals surface area (Å²) in [5.41, 5.74) is 3.01. The zero-order valence-corrected chi connectivity index (χ0v) is 11.6. The van der Waals surface area contributed by atoms with E-state index in [9.17, 15) is 9.59 Å². The molecule has 2 N–H and O–H groups in total. The second kappa shape index (κ2) is 6.22. The summed E-state index contributed by atoms with van der Waals surface area (Å²) in [5, 5.41) is 10.8. The van der Waals surface area contributed by atoms with Gasteiger partial charge in [-0.05, 0) is 44.4 Å². The van der Waals surface area contributed by atoms with Gasteiger partial charge in [-0.1, -0.05) is 12.1 Å². The average molecular weight is 265 g/mol. The van der Waals surface area contributed by atoms with E-state index in [4.69, 9.17) is 9.84 Å². The molecule has 5 heteroatoms. The van der Waals surface area contributed by atoms with Crippen molar-refractivity contribution < 1.29 is 19.4 Å². The smallest absolute Gasteiger partial charge is 0.322 e. The summed E-state index contributed by atoms with van der Waals surface area (Å²) >= 11 is 0. The van der Waals surface area contributed by atoms with Crippen LogP contribution in [0.25, 0.3) is 0 Å². The van der Waals surface area contributed by atoms with Gasteiger partial charge in [0.25, 0.3) is 5.91 Å². The lowest BCUT2D eigenvalue weighted by Crippen LogP contribution is -2.39. The summed E-state index contributed by atoms with van der Waals surface area (Å²) in [4.78, 5) is 22.0. The maximum Gasteiger partial charge on any atom is 0.322 e. The number of hydrogen-bond acceptors (Lipinski definition) is 3. The van der Waals surface area contributed by atoms with Gasteiger partial charge in [-0.3, -0.25) is 9.59 Å². The molecule has 5 nitrogen and oxygen atoms in total. The number of aryl methyl sites for hydroxylation is 2. The minimum absolute atomic E-state index is 0.404. The highest BCUT2D eigenvalue weighted by Crippen LogP contribution is 2.26. The number of amides is 1. The molecule has 1 rings (SSSR count). The maximum atomic E-state index is 11.7. The lowest BCUT2D eigenvalue weighted by atomic mass is 10.1. The number of carbonyl (C=O) groups is 2. The van der Waals surface area contributed by atoms with Crippen LogP contribution < -0.4 is 10.1 Å². The van der Waals surface area contributed by atoms with Gasteiger partial charge in [-0.2, -0.15) is 0 Å². The van der Waals surface area contributed by atoms with Crippen LogP contribution in [0.2, 0.25) is 0 Å². The molecule has 0 aliphatic heterocycles. The Bertz CT molecular complexity index is 496. The van der Waals surface area contributed by atoms with Crippen molar-refractivity contribution in [1.29, 1.82) is 0 Å². The normalized spacial score (nSPS) is 11.8. The lowest BCUT2D eigenvalue weighted by molar-refractivity contribution is -0.139. The highest BCUT2D eigenvalue weighted by molar-refractivity contribution is 5.84. The molecule has 0 saturated heterocycles. The van der Waals surface area contributed by atoms with Crippen molar-refractivity contribution in [2.24, 2.45) is 0 Å². The van der Waals surface area contributed by atoms with Gasteiger partial charge in [-0.15, -0.1) is 0 Å². The molecule has 0 heterocycles. The monoisotopic (exact) mass is 265 g/mol. The highest BCUT2D eigenvalue weighted by Gasteiger charge is 2.17. The molecule has 0 aliphatic carbocycles. The van der Waals surface area contributed by atoms with E-state index < -0.39 is 24.5 Å². The minimum atomic E-state index is -1.08. The molecular formula is C14H19NO4. The molecule has 1 amide bonds. The van der Waals surface area contributed by atoms with Crippen molar-refractivity contribution in [2.75, 3.05) is 6.54 Å². The molecule has 1 aromatic carbocycles. The SMILES string of the molecule is Cc1ccc(C)c(OC(C)C(=O)NCC(=O)O)c1C. The Labute approximate surface area is 112 Å². The van der Waals surface area contributed by atoms with Crippen molar-refractivity contribution >= 4 is 11.9 Å². The lowest BCUT2D eigenvalue weighted by Gasteiger charge is -2.18. The van der Waals surface area contributed by atoms with Gasteiger partial charge >= 0.3 is 5.97 Å². The third-order valence-corrected chi connectivity index (χ3v) is 2.95. The number of ether oxygens (including phenoxy) is 1. The minimum Gasteiger partial charge on any atom is -0.480 e. The molecule has 1 atom stereocenters. The van der Waals surface area contributed by atoms with E-state index in [1.807, 2.05) is 32.9 Å². The van der Waals surface area contributed by atoms with Crippen molar-refractivity contribution in [3.8, 4) is 5.75 Å². The molecule has 104 valence electrons. The van der Waals surface area contributed by atoms with Gasteiger partial charge in [0.2, 0.25) is 0 Å². The number of benzene rings is 1. The van der Waals surface area contributed by atoms with E-state index in [1.165, 1.54) is 0 Å². The number of rotatable bonds is 5. The Morgan fingerprint density at radius 2 is 1.84 bits per heavy atom. The summed E-state index contributed by atoms with van der Waals surface area (Å²) < 4.78 is 5.65. The largest absolute Gasteiger partial charge is 0.480 e. The van der Waals surface area contributed by atoms with Gasteiger partial charge < -0.3 is 15.2 Å². The van der Waals surface area contributed by atoms with Crippen molar-refractivity contribution in [2.45, 2.75) is 33.8 Å². The number of nitrogens with one attached hydrogen (secondary N) is 1. The van der Waals surface area contributed by atoms with Crippen molar-refractivity contribution in [3.63, 3.8) is 0 Å². The van der Waals surface area contributed by atoms with E-state index in [0.717, 1.165) is 16.7 Å². The Kier molecular flexibility index (Phi) is 4.92. The molecule has 0 radical (unpaired) electrons. The van der Waals surface area contributed by atoms with E-state index in [0.29, 0.717) is 5.75 Å². The molecule has 0 fully saturated rings. The van der Waals surface area contributed by atoms with Crippen LogP contribution >= 0.6 is 0 Å². The Balaban J connectivity index is 2.77. The average Bonchev–Trinajstić information content (AvgIpc) is 2.36. The maximum absolute atomic E-state index is 11.7. The Morgan fingerprint density at radius 3 is 2.42 bits per heavy atom. The van der Waals surface area contributed by atoms with E-state index in [1.54, 1.807) is 6.92 Å². The number of hydrogen-bond donors (Lipinski definition) is 2. The standard InChI is InChI=1S/C14H19NO4/c1-8-5-6-9(2)13(10(8)3)19-11(4)14(18)15-7-12(16)17/h5-6,11H,7H2,1-4H3,(H,15,18)(H,16,17). The first-order valence-electron chi connectivity index (χ1n) is 6.06. The highest BCUT2D eigenvalue weighted by atomic mass is 16.5. The molecule has 0 bridgehead atoms. The molecule has 1 unspecified atom stereocenters. The van der Waals surface area contributed by atoms with Crippen LogP contribution in [0.15, 0.2) is 12.1 Å². The molecular weight excluding hydrogens is 246 g/mol. The molecule has 0 saturated carbocycles. The van der Waals surface area contributed by atoms with Gasteiger partial charge in [-0.25, -0.2) is 0 Å². The van der Waals surface area contributed by atoms with Gasteiger partial charge in [0, 0.05) is 0 Å². The number of carbonyl (C=O) groups excluding carboxylic acids is 1. The second-order valence-electron chi connectivity index (χ2n) is 4.53. The molecule has 0 spiro atoms. The third kappa shape index (κ3) is 3.98. The first-order chi connectivity index (χ1) is 8.82. The summed E-state index contributed by atoms with van der Waals surface area (Å²) in [6, 6.07) is 3.92. The summed E-state index contributed by atoms with van der Waals surface area (Å²) in [7, 11) is 0. The zero-order chi connectivity index (χ0) is 14.6. The van der Waals surface area contributed by atoms with Crippen LogP contribution in [-0.2, 0) is 9.59 Å². The zero-order valence-electron chi connectivity index (χ0n) is 11.6. The van der Waals surface area contributed by atoms with Crippen molar-refractivity contribution in [1.82, 2.24) is 5.32 Å². The Hall–Kier alpha value is -2.04. The summed E-state index contributed by atoms with van der Waals surface area (Å²) in [6.07, 6.45) is -0.737. The summed E-state index contributed by atoms with van der Waals surface area (Å²) in [6.45, 7) is 7.00. The predicted molar refractivity (Wildman–Crippen MR) is 71.4 cm³/mol. The number of aliphatic carboxylic acids is 1. The van der Waals surface area contributed by atoms with E-state index in [2.05, 4.69) is 5.32 Å². The van der Waals surface area contributed by atoms with Crippen LogP contribution in [0.5, 0.6) is 5.75 Å². The van der Waals surface area contributed by atoms with Crippen LogP contribution in [0.4, 0.5) is 0 Å². The van der Waals surface area contributed by atoms with Gasteiger partial charge in [0.05, 0.1) is 0 Å². The molecule has 0 aromatic heterocycles. The van der Waals surface area contributed by atoms with E-state index in [-0.39, 0.29) is 0 Å². The summed E-state index contributed by atoms with van der Waals surface area (Å²) in [5.74, 6) is -0.843. The van der Waals surface area contributed by atoms with Crippen molar-refractivity contribution in [3.05, 3.63) is 28.8 Å². The predicted octanol–water partition coefficient (Wildman–Crippen LogP) is 1.58. The quantitative estimate of drug-likeness (QED) is 0.847. The fraction of sp³-hybridized carbons (Fsp3) is 0.429. The third-order valence-electron chi connectivity index (χ3n) is 2.95. The van der Waals surface area contributed by atoms with Gasteiger partial charge in [0.1, 0.15) is 12.3 Å². The fourth-order valence-electron chi connectivity index (χ4n) is 1.64. The first-order valence-corrected chi connectivity index (χ1v) is 6.06. The van der Waals surface area contributed by atoms with Crippen LogP contribution in [0.3, 0.4) is 0 Å². The number of carboxylic acid groups (broad SMARTS) is 1. The van der Waals surface area contributed by atoms with Crippen LogP contribution in [-0.4, -0.2) is 29.6 Å². The first kappa shape index (κ1) is 15.0. The fourth-order valence-corrected chi connectivity index (χ4v) is 1.64. The van der Waals surface area contributed by atoms with E-state index >= 15 is 0 Å². The van der Waals surface area contributed by atoms with Gasteiger partial charge in [0.15, 0.2) is 6.10 Å². The molecule has 1 aromatic rings. The topological polar surface area (TPSA) is 75.6 Å². The molecule has 19 heavy (non-hydrogen) atoms. The van der Waals surface area contributed by atoms with Crippen LogP contribution in [0, 0.1) is 20.8 Å². The molecule has 0 aliphatic rings. The second-order valence-corrected chi connectivity index (χ2v) is 4.53. The van der Waals surface area contributed by atoms with Crippen LogP contribution in [0.1, 0.15) is 23.6 Å².